The van der Waals surface area contributed by atoms with Gasteiger partial charge in [0.05, 0.1) is 57.9 Å². The largest absolute Gasteiger partial charge is 0.489 e. The number of pyridine rings is 1. The Kier molecular flexibility index (Phi) is 7.78. The molecular formula is C32H33N7O9S. The van der Waals surface area contributed by atoms with Crippen molar-refractivity contribution in [3.05, 3.63) is 64.3 Å². The molecule has 2 aromatic carbocycles. The number of nitrogens with two attached hydrogens (primary N) is 1. The molecule has 2 fully saturated rings. The fourth-order valence-electron chi connectivity index (χ4n) is 7.01. The number of ether oxygens (including phenoxy) is 4. The molecule has 2 saturated heterocycles. The lowest BCUT2D eigenvalue weighted by molar-refractivity contribution is -0.384. The van der Waals surface area contributed by atoms with E-state index in [2.05, 4.69) is 20.2 Å². The van der Waals surface area contributed by atoms with Gasteiger partial charge in [-0.15, -0.1) is 0 Å². The third-order valence-electron chi connectivity index (χ3n) is 9.33. The first-order valence-corrected chi connectivity index (χ1v) is 17.4. The summed E-state index contributed by atoms with van der Waals surface area (Å²) in [7, 11) is -4.56. The number of fused-ring (bicyclic) bond motifs is 4. The van der Waals surface area contributed by atoms with Crippen molar-refractivity contribution in [3.8, 4) is 11.6 Å². The Morgan fingerprint density at radius 3 is 2.73 bits per heavy atom. The average molecular weight is 692 g/mol. The standard InChI is InChI=1S/C32H33N7O9S/c33-30(40)21-2-1-3-27(29(21)38-22-5-9-46-17-26(22)48-32-24(38)12-18-4-6-34-31(18)36-32)49(43,44)20-13-23(39(41)42)28-25(14-20)47-16-19(35-28)15-37-7-10-45-11-8-37/h1-4,6,12-14,19,22,26,35H,5,7-11,15-17H2,(H2,33,40)(H,34,36)/t19-,22-,26-/m0/s1. The lowest BCUT2D eigenvalue weighted by Crippen LogP contribution is -2.53. The fraction of sp³-hybridized carbons (Fsp3) is 0.375. The number of anilines is 3. The molecule has 1 amide bonds. The summed E-state index contributed by atoms with van der Waals surface area (Å²) in [6.45, 7) is 3.97. The lowest BCUT2D eigenvalue weighted by atomic mass is 9.98. The number of aromatic nitrogens is 2. The minimum Gasteiger partial charge on any atom is -0.489 e. The van der Waals surface area contributed by atoms with Gasteiger partial charge in [-0.1, -0.05) is 6.07 Å². The van der Waals surface area contributed by atoms with E-state index in [1.807, 2.05) is 12.1 Å². The van der Waals surface area contributed by atoms with Crippen LogP contribution >= 0.6 is 0 Å². The molecule has 0 bridgehead atoms. The highest BCUT2D eigenvalue weighted by Gasteiger charge is 2.44. The molecule has 6 heterocycles. The second kappa shape index (κ2) is 12.2. The number of morpholine rings is 1. The molecule has 4 aliphatic rings. The summed E-state index contributed by atoms with van der Waals surface area (Å²) in [5.74, 6) is -0.589. The number of amides is 1. The molecule has 4 N–H and O–H groups in total. The number of H-pyrrole nitrogens is 1. The molecule has 0 spiro atoms. The maximum atomic E-state index is 14.7. The molecular weight excluding hydrogens is 658 g/mol. The van der Waals surface area contributed by atoms with Crippen LogP contribution in [0.15, 0.2) is 58.5 Å². The fourth-order valence-corrected chi connectivity index (χ4v) is 8.51. The van der Waals surface area contributed by atoms with Gasteiger partial charge in [0.15, 0.2) is 11.4 Å². The molecule has 0 aliphatic carbocycles. The van der Waals surface area contributed by atoms with E-state index in [-0.39, 0.29) is 57.6 Å². The molecule has 49 heavy (non-hydrogen) atoms. The lowest BCUT2D eigenvalue weighted by Gasteiger charge is -2.45. The Balaban J connectivity index is 1.25. The van der Waals surface area contributed by atoms with Gasteiger partial charge < -0.3 is 39.9 Å². The van der Waals surface area contributed by atoms with Crippen LogP contribution in [0.5, 0.6) is 11.6 Å². The number of nitrogens with zero attached hydrogens (tertiary/aromatic N) is 4. The Morgan fingerprint density at radius 1 is 1.10 bits per heavy atom. The van der Waals surface area contributed by atoms with E-state index in [4.69, 9.17) is 24.7 Å². The minimum atomic E-state index is -4.56. The van der Waals surface area contributed by atoms with Crippen LogP contribution in [-0.4, -0.2) is 105 Å². The van der Waals surface area contributed by atoms with Crippen LogP contribution in [0, 0.1) is 10.1 Å². The van der Waals surface area contributed by atoms with Gasteiger partial charge in [0, 0.05) is 50.0 Å². The van der Waals surface area contributed by atoms with Gasteiger partial charge in [-0.25, -0.2) is 8.42 Å². The maximum Gasteiger partial charge on any atom is 0.297 e. The van der Waals surface area contributed by atoms with Gasteiger partial charge in [0.2, 0.25) is 15.7 Å². The van der Waals surface area contributed by atoms with E-state index in [1.165, 1.54) is 24.3 Å². The molecule has 4 aliphatic heterocycles. The predicted molar refractivity (Wildman–Crippen MR) is 176 cm³/mol. The first-order valence-electron chi connectivity index (χ1n) is 15.9. The number of nitro groups is 1. The smallest absolute Gasteiger partial charge is 0.297 e. The Labute approximate surface area is 280 Å². The molecule has 16 nitrogen and oxygen atoms in total. The highest BCUT2D eigenvalue weighted by Crippen LogP contribution is 2.48. The first-order chi connectivity index (χ1) is 23.7. The Hall–Kier alpha value is -4.97. The zero-order valence-corrected chi connectivity index (χ0v) is 27.0. The number of carbonyl (C=O) groups is 1. The van der Waals surface area contributed by atoms with Crippen molar-refractivity contribution in [2.75, 3.05) is 62.9 Å². The van der Waals surface area contributed by atoms with Crippen LogP contribution in [-0.2, 0) is 19.3 Å². The van der Waals surface area contributed by atoms with E-state index in [0.717, 1.165) is 24.5 Å². The van der Waals surface area contributed by atoms with Crippen LogP contribution in [0.2, 0.25) is 0 Å². The summed E-state index contributed by atoms with van der Waals surface area (Å²) in [6, 6.07) is 9.47. The summed E-state index contributed by atoms with van der Waals surface area (Å²) in [6.07, 6.45) is 1.62. The number of benzene rings is 2. The third-order valence-corrected chi connectivity index (χ3v) is 11.1. The quantitative estimate of drug-likeness (QED) is 0.189. The number of nitrogens with one attached hydrogen (secondary N) is 2. The topological polar surface area (TPSA) is 204 Å². The highest BCUT2D eigenvalue weighted by atomic mass is 32.2. The number of primary amides is 1. The van der Waals surface area contributed by atoms with Crippen LogP contribution in [0.1, 0.15) is 16.8 Å². The van der Waals surface area contributed by atoms with E-state index in [0.29, 0.717) is 44.1 Å². The van der Waals surface area contributed by atoms with Crippen molar-refractivity contribution in [2.45, 2.75) is 34.4 Å². The zero-order chi connectivity index (χ0) is 33.9. The second-order valence-corrected chi connectivity index (χ2v) is 14.3. The molecule has 8 rings (SSSR count). The van der Waals surface area contributed by atoms with Crippen LogP contribution in [0.4, 0.5) is 22.7 Å². The van der Waals surface area contributed by atoms with Crippen LogP contribution in [0.3, 0.4) is 0 Å². The zero-order valence-electron chi connectivity index (χ0n) is 26.2. The predicted octanol–water partition coefficient (Wildman–Crippen LogP) is 2.60. The van der Waals surface area contributed by atoms with Gasteiger partial charge in [-0.05, 0) is 30.7 Å². The summed E-state index contributed by atoms with van der Waals surface area (Å²) < 4.78 is 52.8. The van der Waals surface area contributed by atoms with E-state index in [1.54, 1.807) is 11.1 Å². The van der Waals surface area contributed by atoms with E-state index in [9.17, 15) is 23.3 Å². The van der Waals surface area contributed by atoms with Crippen molar-refractivity contribution in [1.82, 2.24) is 14.9 Å². The van der Waals surface area contributed by atoms with Crippen LogP contribution in [0.25, 0.3) is 11.0 Å². The molecule has 2 aromatic heterocycles. The van der Waals surface area contributed by atoms with Crippen molar-refractivity contribution in [2.24, 2.45) is 5.73 Å². The maximum absolute atomic E-state index is 14.7. The van der Waals surface area contributed by atoms with E-state index >= 15 is 0 Å². The summed E-state index contributed by atoms with van der Waals surface area (Å²) in [5.41, 5.74) is 6.54. The summed E-state index contributed by atoms with van der Waals surface area (Å²) >= 11 is 0. The second-order valence-electron chi connectivity index (χ2n) is 12.3. The molecule has 0 unspecified atom stereocenters. The van der Waals surface area contributed by atoms with Gasteiger partial charge in [0.1, 0.15) is 24.0 Å². The molecule has 0 radical (unpaired) electrons. The van der Waals surface area contributed by atoms with Gasteiger partial charge in [-0.2, -0.15) is 4.98 Å². The van der Waals surface area contributed by atoms with Crippen LogP contribution < -0.4 is 25.4 Å². The molecule has 17 heteroatoms. The number of sulfone groups is 1. The van der Waals surface area contributed by atoms with Gasteiger partial charge in [0.25, 0.3) is 11.6 Å². The Morgan fingerprint density at radius 2 is 1.94 bits per heavy atom. The summed E-state index contributed by atoms with van der Waals surface area (Å²) in [5, 5.41) is 16.3. The van der Waals surface area contributed by atoms with Crippen molar-refractivity contribution in [1.29, 1.82) is 0 Å². The average Bonchev–Trinajstić information content (AvgIpc) is 3.56. The molecule has 0 saturated carbocycles. The number of para-hydroxylation sites is 1. The van der Waals surface area contributed by atoms with Crippen molar-refractivity contribution in [3.63, 3.8) is 0 Å². The first kappa shape index (κ1) is 31.3. The molecule has 3 atom stereocenters. The highest BCUT2D eigenvalue weighted by molar-refractivity contribution is 7.91. The number of aromatic amines is 1. The number of nitro benzene ring substituents is 1. The monoisotopic (exact) mass is 691 g/mol. The Bertz CT molecular complexity index is 2080. The number of rotatable bonds is 7. The molecule has 4 aromatic rings. The summed E-state index contributed by atoms with van der Waals surface area (Å²) in [4.78, 5) is 35.8. The normalized spacial score (nSPS) is 22.2. The SMILES string of the molecule is NC(=O)c1cccc(S(=O)(=O)c2cc3c(c([N+](=O)[O-])c2)N[C@@H](CN2CCOCC2)CO3)c1N1c2cc3cc[nH]c3nc2O[C@H]2COCC[C@@H]21. The number of carbonyl (C=O) groups excluding carboxylic acids is 1. The molecule has 256 valence electrons. The third kappa shape index (κ3) is 5.47. The number of hydrogen-bond acceptors (Lipinski definition) is 13. The van der Waals surface area contributed by atoms with Gasteiger partial charge in [-0.3, -0.25) is 19.8 Å². The van der Waals surface area contributed by atoms with E-state index < -0.39 is 38.5 Å². The minimum absolute atomic E-state index is 0.0260. The van der Waals surface area contributed by atoms with Crippen molar-refractivity contribution >= 4 is 49.5 Å². The van der Waals surface area contributed by atoms with Crippen molar-refractivity contribution < 1.29 is 37.1 Å². The van der Waals surface area contributed by atoms with Gasteiger partial charge >= 0.3 is 0 Å². The number of hydrogen-bond donors (Lipinski definition) is 3.